The van der Waals surface area contributed by atoms with Crippen LogP contribution in [0.5, 0.6) is 0 Å². The number of urea groups is 1. The average Bonchev–Trinajstić information content (AvgIpc) is 2.91. The smallest absolute Gasteiger partial charge is 0.314 e. The molecular weight excluding hydrogens is 518 g/mol. The van der Waals surface area contributed by atoms with Crippen LogP contribution in [0.1, 0.15) is 78.3 Å². The Morgan fingerprint density at radius 2 is 1.43 bits per heavy atom. The number of nitrogens with zero attached hydrogens (tertiary/aromatic N) is 1. The fourth-order valence-electron chi connectivity index (χ4n) is 4.45. The van der Waals surface area contributed by atoms with E-state index in [1.165, 1.54) is 23.1 Å². The Kier molecular flexibility index (Phi) is 13.5. The second-order valence-electron chi connectivity index (χ2n) is 9.93. The summed E-state index contributed by atoms with van der Waals surface area (Å²) in [6.45, 7) is 8.94. The van der Waals surface area contributed by atoms with Crippen molar-refractivity contribution in [3.63, 3.8) is 0 Å². The van der Waals surface area contributed by atoms with E-state index in [1.807, 2.05) is 20.8 Å². The lowest BCUT2D eigenvalue weighted by molar-refractivity contribution is 0.0327. The van der Waals surface area contributed by atoms with Crippen molar-refractivity contribution in [1.29, 1.82) is 0 Å². The van der Waals surface area contributed by atoms with Gasteiger partial charge in [0, 0.05) is 43.4 Å². The average molecular weight is 561 g/mol. The molecule has 2 atom stereocenters. The van der Waals surface area contributed by atoms with Crippen molar-refractivity contribution in [3.8, 4) is 0 Å². The molecule has 0 aliphatic rings. The van der Waals surface area contributed by atoms with Gasteiger partial charge in [0.2, 0.25) is 0 Å². The molecule has 4 N–H and O–H groups in total. The first-order valence-corrected chi connectivity index (χ1v) is 13.9. The molecule has 0 radical (unpaired) electrons. The Bertz CT molecular complexity index is 1120. The van der Waals surface area contributed by atoms with Crippen molar-refractivity contribution in [2.24, 2.45) is 0 Å². The van der Waals surface area contributed by atoms with E-state index in [-0.39, 0.29) is 49.0 Å². The maximum atomic E-state index is 14.0. The molecule has 220 valence electrons. The number of carbonyl (C=O) groups is 3. The van der Waals surface area contributed by atoms with Crippen LogP contribution in [0.3, 0.4) is 0 Å². The van der Waals surface area contributed by atoms with E-state index in [4.69, 9.17) is 0 Å². The molecule has 0 spiro atoms. The zero-order valence-electron chi connectivity index (χ0n) is 23.9. The highest BCUT2D eigenvalue weighted by molar-refractivity contribution is 6.00. The first kappa shape index (κ1) is 32.7. The number of aryl methyl sites for hydroxylation is 1. The maximum Gasteiger partial charge on any atom is 0.314 e. The Hall–Kier alpha value is -3.53. The van der Waals surface area contributed by atoms with Crippen molar-refractivity contribution < 1.29 is 28.3 Å². The zero-order valence-corrected chi connectivity index (χ0v) is 23.9. The summed E-state index contributed by atoms with van der Waals surface area (Å²) >= 11 is 0. The normalized spacial score (nSPS) is 12.4. The van der Waals surface area contributed by atoms with Crippen LogP contribution in [0.2, 0.25) is 0 Å². The number of aliphatic hydroxyl groups is 1. The molecule has 0 saturated carbocycles. The lowest BCUT2D eigenvalue weighted by Crippen LogP contribution is -2.50. The van der Waals surface area contributed by atoms with Gasteiger partial charge in [0.1, 0.15) is 11.6 Å². The molecule has 0 aliphatic carbocycles. The van der Waals surface area contributed by atoms with Gasteiger partial charge in [-0.3, -0.25) is 9.59 Å². The summed E-state index contributed by atoms with van der Waals surface area (Å²) in [5.41, 5.74) is 1.62. The lowest BCUT2D eigenvalue weighted by atomic mass is 9.95. The minimum Gasteiger partial charge on any atom is -0.391 e. The minimum atomic E-state index is -1.12. The fourth-order valence-corrected chi connectivity index (χ4v) is 4.45. The summed E-state index contributed by atoms with van der Waals surface area (Å²) in [5.74, 6) is -2.22. The molecule has 0 fully saturated rings. The molecule has 0 aliphatic heterocycles. The third-order valence-electron chi connectivity index (χ3n) is 6.32. The summed E-state index contributed by atoms with van der Waals surface area (Å²) < 4.78 is 28.0. The van der Waals surface area contributed by atoms with Crippen LogP contribution >= 0.6 is 0 Å². The number of benzene rings is 2. The van der Waals surface area contributed by atoms with Gasteiger partial charge in [-0.1, -0.05) is 20.8 Å². The second kappa shape index (κ2) is 16.5. The quantitative estimate of drug-likeness (QED) is 0.260. The maximum absolute atomic E-state index is 14.0. The molecule has 2 aromatic carbocycles. The largest absolute Gasteiger partial charge is 0.391 e. The zero-order chi connectivity index (χ0) is 29.7. The number of hydrogen-bond acceptors (Lipinski definition) is 4. The Labute approximate surface area is 235 Å². The second-order valence-corrected chi connectivity index (χ2v) is 9.93. The molecule has 2 aromatic rings. The number of aliphatic hydroxyl groups excluding tert-OH is 1. The predicted molar refractivity (Wildman–Crippen MR) is 151 cm³/mol. The molecule has 0 bridgehead atoms. The van der Waals surface area contributed by atoms with Crippen molar-refractivity contribution in [3.05, 3.63) is 70.3 Å². The van der Waals surface area contributed by atoms with Gasteiger partial charge in [0.05, 0.1) is 12.1 Å². The number of rotatable bonds is 15. The van der Waals surface area contributed by atoms with Gasteiger partial charge in [0.25, 0.3) is 11.8 Å². The van der Waals surface area contributed by atoms with Gasteiger partial charge < -0.3 is 26.0 Å². The third-order valence-corrected chi connectivity index (χ3v) is 6.32. The Morgan fingerprint density at radius 1 is 0.825 bits per heavy atom. The highest BCUT2D eigenvalue weighted by Gasteiger charge is 2.31. The van der Waals surface area contributed by atoms with E-state index in [1.54, 1.807) is 19.1 Å². The van der Waals surface area contributed by atoms with Crippen molar-refractivity contribution in [2.45, 2.75) is 71.9 Å². The van der Waals surface area contributed by atoms with E-state index >= 15 is 0 Å². The molecule has 0 heterocycles. The van der Waals surface area contributed by atoms with Crippen LogP contribution in [0.25, 0.3) is 0 Å². The van der Waals surface area contributed by atoms with Gasteiger partial charge in [0.15, 0.2) is 0 Å². The summed E-state index contributed by atoms with van der Waals surface area (Å²) in [6.07, 6.45) is 1.07. The summed E-state index contributed by atoms with van der Waals surface area (Å²) in [4.78, 5) is 40.0. The van der Waals surface area contributed by atoms with Gasteiger partial charge in [-0.05, 0) is 80.5 Å². The molecule has 10 heteroatoms. The standard InChI is InChI=1S/C30H42F2N4O4/c1-5-9-33-28(38)22-13-20(4)14-23(18-22)29(39)36(12-7-3)26(17-21-15-24(31)19-25(32)16-21)27(37)8-11-35-30(40)34-10-6-2/h13-16,18-19,26-27,37H,5-12,17H2,1-4H3,(H,33,38)(H2,34,35,40)/t26-,27-/m0/s1. The topological polar surface area (TPSA) is 111 Å². The first-order valence-electron chi connectivity index (χ1n) is 13.9. The van der Waals surface area contributed by atoms with Gasteiger partial charge in [-0.25, -0.2) is 13.6 Å². The van der Waals surface area contributed by atoms with E-state index in [2.05, 4.69) is 16.0 Å². The number of amides is 4. The molecule has 0 aromatic heterocycles. The highest BCUT2D eigenvalue weighted by Crippen LogP contribution is 2.21. The number of hydrogen-bond donors (Lipinski definition) is 4. The van der Waals surface area contributed by atoms with Crippen LogP contribution in [0.4, 0.5) is 13.6 Å². The first-order chi connectivity index (χ1) is 19.1. The van der Waals surface area contributed by atoms with Crippen LogP contribution in [-0.4, -0.2) is 66.2 Å². The molecule has 4 amide bonds. The SMILES string of the molecule is CCCNC(=O)NCC[C@H](O)[C@H](Cc1cc(F)cc(F)c1)N(CCC)C(=O)c1cc(C)cc(C(=O)NCCC)c1. The molecule has 0 unspecified atom stereocenters. The molecular formula is C30H42F2N4O4. The predicted octanol–water partition coefficient (Wildman–Crippen LogP) is 4.34. The van der Waals surface area contributed by atoms with Gasteiger partial charge in [-0.2, -0.15) is 0 Å². The Morgan fingerprint density at radius 3 is 2.05 bits per heavy atom. The fraction of sp³-hybridized carbons (Fsp3) is 0.500. The van der Waals surface area contributed by atoms with Crippen LogP contribution in [-0.2, 0) is 6.42 Å². The van der Waals surface area contributed by atoms with Crippen LogP contribution < -0.4 is 16.0 Å². The van der Waals surface area contributed by atoms with Crippen molar-refractivity contribution in [2.75, 3.05) is 26.2 Å². The summed E-state index contributed by atoms with van der Waals surface area (Å²) in [7, 11) is 0. The van der Waals surface area contributed by atoms with Crippen molar-refractivity contribution >= 4 is 17.8 Å². The molecule has 40 heavy (non-hydrogen) atoms. The monoisotopic (exact) mass is 560 g/mol. The van der Waals surface area contributed by atoms with E-state index in [0.717, 1.165) is 24.5 Å². The molecule has 2 rings (SSSR count). The summed E-state index contributed by atoms with van der Waals surface area (Å²) in [5, 5.41) is 19.5. The van der Waals surface area contributed by atoms with Gasteiger partial charge in [-0.15, -0.1) is 0 Å². The van der Waals surface area contributed by atoms with E-state index in [0.29, 0.717) is 25.1 Å². The van der Waals surface area contributed by atoms with Crippen molar-refractivity contribution in [1.82, 2.24) is 20.9 Å². The van der Waals surface area contributed by atoms with Crippen LogP contribution in [0.15, 0.2) is 36.4 Å². The molecule has 8 nitrogen and oxygen atoms in total. The number of carbonyl (C=O) groups excluding carboxylic acids is 3. The highest BCUT2D eigenvalue weighted by atomic mass is 19.1. The van der Waals surface area contributed by atoms with E-state index < -0.39 is 29.7 Å². The minimum absolute atomic E-state index is 0.0146. The third kappa shape index (κ3) is 10.2. The summed E-state index contributed by atoms with van der Waals surface area (Å²) in [6, 6.07) is 6.79. The van der Waals surface area contributed by atoms with E-state index in [9.17, 15) is 28.3 Å². The number of halogens is 2. The lowest BCUT2D eigenvalue weighted by Gasteiger charge is -2.35. The molecule has 0 saturated heterocycles. The van der Waals surface area contributed by atoms with Gasteiger partial charge >= 0.3 is 6.03 Å². The number of nitrogens with one attached hydrogen (secondary N) is 3. The van der Waals surface area contributed by atoms with Crippen LogP contribution in [0, 0.1) is 18.6 Å². The Balaban J connectivity index is 2.39.